The number of hydrogen-bond acceptors (Lipinski definition) is 5. The van der Waals surface area contributed by atoms with Crippen LogP contribution >= 0.6 is 35.3 Å². The van der Waals surface area contributed by atoms with Crippen molar-refractivity contribution >= 4 is 47.1 Å². The first-order chi connectivity index (χ1) is 13.4. The van der Waals surface area contributed by atoms with Crippen molar-refractivity contribution in [2.24, 2.45) is 4.99 Å². The largest absolute Gasteiger partial charge is 0.434 e. The molecule has 0 aliphatic rings. The van der Waals surface area contributed by atoms with E-state index >= 15 is 0 Å². The molecule has 2 aromatic rings. The minimum atomic E-state index is -4.42. The number of nitrogens with zero attached hydrogens (tertiary/aromatic N) is 4. The van der Waals surface area contributed by atoms with Crippen LogP contribution in [-0.4, -0.2) is 35.6 Å². The van der Waals surface area contributed by atoms with E-state index in [9.17, 15) is 13.2 Å². The van der Waals surface area contributed by atoms with Crippen LogP contribution in [0.25, 0.3) is 0 Å². The van der Waals surface area contributed by atoms with Crippen molar-refractivity contribution in [3.8, 4) is 0 Å². The molecule has 0 atom stereocenters. The third-order valence-corrected chi connectivity index (χ3v) is 4.76. The quantitative estimate of drug-likeness (QED) is 0.296. The monoisotopic (exact) mass is 542 g/mol. The van der Waals surface area contributed by atoms with E-state index in [2.05, 4.69) is 44.3 Å². The van der Waals surface area contributed by atoms with Crippen molar-refractivity contribution in [1.29, 1.82) is 0 Å². The van der Waals surface area contributed by atoms with E-state index in [-0.39, 0.29) is 30.5 Å². The summed E-state index contributed by atoms with van der Waals surface area (Å²) in [6.45, 7) is 9.08. The summed E-state index contributed by atoms with van der Waals surface area (Å²) >= 11 is 0.968. The number of aromatic nitrogens is 2. The number of pyridine rings is 1. The van der Waals surface area contributed by atoms with E-state index in [1.165, 1.54) is 0 Å². The molecule has 162 valence electrons. The van der Waals surface area contributed by atoms with E-state index in [0.717, 1.165) is 41.2 Å². The molecule has 0 aromatic carbocycles. The van der Waals surface area contributed by atoms with E-state index in [0.29, 0.717) is 24.1 Å². The maximum atomic E-state index is 12.6. The molecule has 0 unspecified atom stereocenters. The predicted molar refractivity (Wildman–Crippen MR) is 122 cm³/mol. The number of hydrogen-bond donors (Lipinski definition) is 2. The first-order valence-corrected chi connectivity index (χ1v) is 9.98. The summed E-state index contributed by atoms with van der Waals surface area (Å²) in [5.74, 6) is 1.44. The van der Waals surface area contributed by atoms with Gasteiger partial charge in [-0.3, -0.25) is 0 Å². The number of anilines is 1. The molecule has 2 N–H and O–H groups in total. The molecule has 6 nitrogen and oxygen atoms in total. The number of alkyl halides is 3. The van der Waals surface area contributed by atoms with Crippen LogP contribution in [0.15, 0.2) is 28.7 Å². The molecule has 0 amide bonds. The second-order valence-corrected chi connectivity index (χ2v) is 6.81. The van der Waals surface area contributed by atoms with Crippen LogP contribution in [0.2, 0.25) is 0 Å². The maximum absolute atomic E-state index is 12.6. The van der Waals surface area contributed by atoms with Gasteiger partial charge in [0, 0.05) is 31.2 Å². The lowest BCUT2D eigenvalue weighted by molar-refractivity contribution is -0.140. The van der Waals surface area contributed by atoms with E-state index in [1.54, 1.807) is 6.20 Å². The van der Waals surface area contributed by atoms with Crippen LogP contribution in [0.5, 0.6) is 0 Å². The van der Waals surface area contributed by atoms with Crippen LogP contribution in [0.4, 0.5) is 19.0 Å². The SMILES string of the molecule is CCNC(=NCc1ccc(N(CC)CC)nc1)NCc1nc(C(F)(F)F)cs1.I. The second-order valence-electron chi connectivity index (χ2n) is 5.87. The number of halogens is 4. The fourth-order valence-electron chi connectivity index (χ4n) is 2.44. The van der Waals surface area contributed by atoms with Gasteiger partial charge in [0.2, 0.25) is 0 Å². The number of nitrogens with one attached hydrogen (secondary N) is 2. The van der Waals surface area contributed by atoms with Crippen LogP contribution in [-0.2, 0) is 19.3 Å². The molecule has 0 saturated heterocycles. The number of aliphatic imine (C=N–C) groups is 1. The average Bonchev–Trinajstić information content (AvgIpc) is 3.15. The minimum Gasteiger partial charge on any atom is -0.357 e. The molecule has 2 heterocycles. The first kappa shape index (κ1) is 25.4. The van der Waals surface area contributed by atoms with Crippen LogP contribution in [0.1, 0.15) is 37.0 Å². The van der Waals surface area contributed by atoms with Crippen LogP contribution < -0.4 is 15.5 Å². The Morgan fingerprint density at radius 2 is 1.90 bits per heavy atom. The van der Waals surface area contributed by atoms with Gasteiger partial charge in [0.15, 0.2) is 11.7 Å². The highest BCUT2D eigenvalue weighted by Crippen LogP contribution is 2.29. The predicted octanol–water partition coefficient (Wildman–Crippen LogP) is 4.28. The summed E-state index contributed by atoms with van der Waals surface area (Å²) in [4.78, 5) is 14.7. The van der Waals surface area contributed by atoms with Gasteiger partial charge in [0.25, 0.3) is 0 Å². The van der Waals surface area contributed by atoms with Gasteiger partial charge in [-0.15, -0.1) is 35.3 Å². The average molecular weight is 542 g/mol. The zero-order chi connectivity index (χ0) is 20.6. The molecule has 0 radical (unpaired) electrons. The van der Waals surface area contributed by atoms with Crippen molar-refractivity contribution in [3.63, 3.8) is 0 Å². The zero-order valence-electron chi connectivity index (χ0n) is 16.6. The van der Waals surface area contributed by atoms with Gasteiger partial charge in [-0.1, -0.05) is 6.07 Å². The summed E-state index contributed by atoms with van der Waals surface area (Å²) < 4.78 is 37.9. The Bertz CT molecular complexity index is 760. The molecule has 0 fully saturated rings. The number of guanidine groups is 1. The Kier molecular flexibility index (Phi) is 10.6. The van der Waals surface area contributed by atoms with Gasteiger partial charge in [-0.05, 0) is 32.4 Å². The van der Waals surface area contributed by atoms with Crippen LogP contribution in [0, 0.1) is 0 Å². The molecule has 0 saturated carbocycles. The lowest BCUT2D eigenvalue weighted by Gasteiger charge is -2.19. The highest BCUT2D eigenvalue weighted by atomic mass is 127. The van der Waals surface area contributed by atoms with Crippen molar-refractivity contribution in [1.82, 2.24) is 20.6 Å². The summed E-state index contributed by atoms with van der Waals surface area (Å²) in [5, 5.41) is 7.45. The Balaban J connectivity index is 0.00000420. The molecule has 2 rings (SSSR count). The van der Waals surface area contributed by atoms with Gasteiger partial charge < -0.3 is 15.5 Å². The Morgan fingerprint density at radius 1 is 1.17 bits per heavy atom. The van der Waals surface area contributed by atoms with E-state index in [1.807, 2.05) is 19.1 Å². The highest BCUT2D eigenvalue weighted by molar-refractivity contribution is 14.0. The molecule has 29 heavy (non-hydrogen) atoms. The smallest absolute Gasteiger partial charge is 0.357 e. The number of thiazole rings is 1. The first-order valence-electron chi connectivity index (χ1n) is 9.11. The summed E-state index contributed by atoms with van der Waals surface area (Å²) in [6.07, 6.45) is -2.63. The molecule has 0 bridgehead atoms. The Hall–Kier alpha value is -1.63. The van der Waals surface area contributed by atoms with Gasteiger partial charge >= 0.3 is 6.18 Å². The minimum absolute atomic E-state index is 0. The highest BCUT2D eigenvalue weighted by Gasteiger charge is 2.33. The molecule has 0 aliphatic carbocycles. The third-order valence-electron chi connectivity index (χ3n) is 3.91. The van der Waals surface area contributed by atoms with E-state index < -0.39 is 11.9 Å². The lowest BCUT2D eigenvalue weighted by Crippen LogP contribution is -2.36. The van der Waals surface area contributed by atoms with Crippen molar-refractivity contribution < 1.29 is 13.2 Å². The maximum Gasteiger partial charge on any atom is 0.434 e. The molecule has 0 aliphatic heterocycles. The van der Waals surface area contributed by atoms with Crippen molar-refractivity contribution in [3.05, 3.63) is 40.0 Å². The third kappa shape index (κ3) is 7.96. The van der Waals surface area contributed by atoms with Gasteiger partial charge in [0.1, 0.15) is 10.8 Å². The fourth-order valence-corrected chi connectivity index (χ4v) is 3.18. The summed E-state index contributed by atoms with van der Waals surface area (Å²) in [6, 6.07) is 3.94. The standard InChI is InChI=1S/C18H25F3N6S.HI/c1-4-22-17(25-11-16-26-14(12-28-16)18(19,20)21)24-10-13-7-8-15(23-9-13)27(5-2)6-3;/h7-9,12H,4-6,10-11H2,1-3H3,(H2,22,24,25);1H. The van der Waals surface area contributed by atoms with Gasteiger partial charge in [-0.2, -0.15) is 13.2 Å². The summed E-state index contributed by atoms with van der Waals surface area (Å²) in [7, 11) is 0. The molecule has 2 aromatic heterocycles. The van der Waals surface area contributed by atoms with Crippen molar-refractivity contribution in [2.45, 2.75) is 40.0 Å². The topological polar surface area (TPSA) is 65.4 Å². The molecular formula is C18H26F3IN6S. The van der Waals surface area contributed by atoms with Crippen LogP contribution in [0.3, 0.4) is 0 Å². The Morgan fingerprint density at radius 3 is 2.41 bits per heavy atom. The zero-order valence-corrected chi connectivity index (χ0v) is 19.7. The lowest BCUT2D eigenvalue weighted by atomic mass is 10.3. The molecule has 0 spiro atoms. The fraction of sp³-hybridized carbons (Fsp3) is 0.500. The normalized spacial score (nSPS) is 11.7. The second kappa shape index (κ2) is 12.2. The summed E-state index contributed by atoms with van der Waals surface area (Å²) in [5.41, 5.74) is 0.0809. The van der Waals surface area contributed by atoms with Gasteiger partial charge in [-0.25, -0.2) is 15.0 Å². The van der Waals surface area contributed by atoms with E-state index in [4.69, 9.17) is 0 Å². The van der Waals surface area contributed by atoms with Crippen molar-refractivity contribution in [2.75, 3.05) is 24.5 Å². The molecule has 11 heteroatoms. The molecular weight excluding hydrogens is 516 g/mol. The number of rotatable bonds is 8. The Labute approximate surface area is 190 Å². The van der Waals surface area contributed by atoms with Gasteiger partial charge in [0.05, 0.1) is 13.1 Å².